The van der Waals surface area contributed by atoms with E-state index in [9.17, 15) is 4.79 Å². The molecule has 0 bridgehead atoms. The molecule has 2 atom stereocenters. The predicted octanol–water partition coefficient (Wildman–Crippen LogP) is 5.10. The fraction of sp³-hybridized carbons (Fsp3) is 0.581. The van der Waals surface area contributed by atoms with Gasteiger partial charge in [0.25, 0.3) is 0 Å². The number of carbonyl (C=O) groups is 1. The van der Waals surface area contributed by atoms with E-state index >= 15 is 0 Å². The molecule has 5 rings (SSSR count). The van der Waals surface area contributed by atoms with Crippen molar-refractivity contribution >= 4 is 29.8 Å². The van der Waals surface area contributed by atoms with E-state index in [1.807, 2.05) is 12.4 Å². The number of hydrogen-bond acceptors (Lipinski definition) is 6. The molecule has 2 aromatic rings. The molecule has 0 saturated carbocycles. The van der Waals surface area contributed by atoms with E-state index in [-0.39, 0.29) is 18.3 Å². The highest BCUT2D eigenvalue weighted by Crippen LogP contribution is 2.33. The summed E-state index contributed by atoms with van der Waals surface area (Å²) in [5.41, 5.74) is 3.78. The summed E-state index contributed by atoms with van der Waals surface area (Å²) in [5.74, 6) is 2.82. The summed E-state index contributed by atoms with van der Waals surface area (Å²) in [6.45, 7) is 6.60. The molecule has 1 amide bonds. The molecule has 1 aromatic carbocycles. The molecule has 3 heterocycles. The normalized spacial score (nSPS) is 22.0. The van der Waals surface area contributed by atoms with Gasteiger partial charge >= 0.3 is 0 Å². The Hall–Kier alpha value is -2.64. The van der Waals surface area contributed by atoms with Crippen LogP contribution in [0.15, 0.2) is 42.7 Å². The second-order valence-corrected chi connectivity index (χ2v) is 11.4. The van der Waals surface area contributed by atoms with Crippen LogP contribution in [0.25, 0.3) is 5.57 Å². The third-order valence-corrected chi connectivity index (χ3v) is 8.67. The van der Waals surface area contributed by atoms with Crippen molar-refractivity contribution in [2.24, 2.45) is 11.8 Å². The summed E-state index contributed by atoms with van der Waals surface area (Å²) in [5, 5.41) is 0. The summed E-state index contributed by atoms with van der Waals surface area (Å²) < 4.78 is 6.17. The molecule has 39 heavy (non-hydrogen) atoms. The molecule has 0 spiro atoms. The van der Waals surface area contributed by atoms with Gasteiger partial charge in [-0.3, -0.25) is 4.79 Å². The molecule has 3 aliphatic rings. The first kappa shape index (κ1) is 29.3. The van der Waals surface area contributed by atoms with Crippen molar-refractivity contribution in [3.05, 3.63) is 53.9 Å². The largest absolute Gasteiger partial charge is 0.493 e. The molecule has 2 aliphatic heterocycles. The number of nitrogens with zero attached hydrogens (tertiary/aromatic N) is 5. The Morgan fingerprint density at radius 2 is 1.74 bits per heavy atom. The minimum Gasteiger partial charge on any atom is -0.493 e. The van der Waals surface area contributed by atoms with Crippen LogP contribution in [0.5, 0.6) is 5.75 Å². The topological polar surface area (TPSA) is 61.8 Å². The Bertz CT molecular complexity index is 1100. The maximum atomic E-state index is 13.0. The van der Waals surface area contributed by atoms with E-state index in [1.165, 1.54) is 16.7 Å². The van der Waals surface area contributed by atoms with Gasteiger partial charge < -0.3 is 19.4 Å². The van der Waals surface area contributed by atoms with Crippen LogP contribution >= 0.6 is 12.4 Å². The van der Waals surface area contributed by atoms with Crippen molar-refractivity contribution in [3.8, 4) is 5.75 Å². The lowest BCUT2D eigenvalue weighted by Gasteiger charge is -2.31. The average Bonchev–Trinajstić information content (AvgIpc) is 3.47. The average molecular weight is 554 g/mol. The molecule has 0 radical (unpaired) electrons. The first-order valence-electron chi connectivity index (χ1n) is 14.4. The van der Waals surface area contributed by atoms with E-state index in [0.29, 0.717) is 17.9 Å². The Morgan fingerprint density at radius 1 is 1.03 bits per heavy atom. The van der Waals surface area contributed by atoms with Gasteiger partial charge in [-0.15, -0.1) is 12.4 Å². The number of ether oxygens (including phenoxy) is 1. The van der Waals surface area contributed by atoms with Gasteiger partial charge in [0, 0.05) is 50.5 Å². The number of aryl methyl sites for hydroxylation is 1. The summed E-state index contributed by atoms with van der Waals surface area (Å²) in [6, 6.07) is 9.03. The van der Waals surface area contributed by atoms with Crippen LogP contribution in [0, 0.1) is 11.8 Å². The minimum absolute atomic E-state index is 0. The number of halogens is 1. The lowest BCUT2D eigenvalue weighted by molar-refractivity contribution is -0.134. The van der Waals surface area contributed by atoms with Crippen molar-refractivity contribution in [1.82, 2.24) is 19.8 Å². The third-order valence-electron chi connectivity index (χ3n) is 8.67. The number of aromatic nitrogens is 2. The summed E-state index contributed by atoms with van der Waals surface area (Å²) in [6.07, 6.45) is 13.2. The summed E-state index contributed by atoms with van der Waals surface area (Å²) in [7, 11) is 4.22. The monoisotopic (exact) mass is 553 g/mol. The van der Waals surface area contributed by atoms with Crippen LogP contribution in [0.3, 0.4) is 0 Å². The zero-order valence-corrected chi connectivity index (χ0v) is 24.5. The molecule has 212 valence electrons. The van der Waals surface area contributed by atoms with E-state index in [2.05, 4.69) is 76.0 Å². The Balaban J connectivity index is 0.00000353. The summed E-state index contributed by atoms with van der Waals surface area (Å²) in [4.78, 5) is 28.7. The molecule has 0 N–H and O–H groups in total. The fourth-order valence-corrected chi connectivity index (χ4v) is 5.92. The maximum Gasteiger partial charge on any atom is 0.226 e. The molecular formula is C31H44ClN5O2. The number of carbonyl (C=O) groups excluding carboxylic acids is 1. The van der Waals surface area contributed by atoms with Gasteiger partial charge in [0.2, 0.25) is 11.9 Å². The minimum atomic E-state index is 0. The highest BCUT2D eigenvalue weighted by atomic mass is 35.5. The van der Waals surface area contributed by atoms with Crippen LogP contribution in [0.1, 0.15) is 56.6 Å². The lowest BCUT2D eigenvalue weighted by atomic mass is 9.86. The van der Waals surface area contributed by atoms with Gasteiger partial charge in [0.15, 0.2) is 0 Å². The first-order chi connectivity index (χ1) is 18.5. The van der Waals surface area contributed by atoms with Crippen LogP contribution in [-0.4, -0.2) is 78.6 Å². The van der Waals surface area contributed by atoms with Crippen LogP contribution in [0.2, 0.25) is 0 Å². The van der Waals surface area contributed by atoms with Gasteiger partial charge in [-0.2, -0.15) is 0 Å². The Morgan fingerprint density at radius 3 is 2.33 bits per heavy atom. The van der Waals surface area contributed by atoms with E-state index in [4.69, 9.17) is 4.74 Å². The third kappa shape index (κ3) is 7.31. The number of likely N-dealkylation sites (N-methyl/N-ethyl adjacent to an activating group) is 1. The summed E-state index contributed by atoms with van der Waals surface area (Å²) >= 11 is 0. The smallest absolute Gasteiger partial charge is 0.226 e. The second-order valence-electron chi connectivity index (χ2n) is 11.4. The SMILES string of the molecule is CCc1cnc(N2CCC(COc3ccc(C4=CCC(C(=O)N5CCC(N(C)C)C5)CC4)cc3)CC2)nc1.Cl. The number of hydrogen-bond donors (Lipinski definition) is 0. The zero-order chi connectivity index (χ0) is 26.5. The number of rotatable bonds is 8. The highest BCUT2D eigenvalue weighted by Gasteiger charge is 2.32. The number of anilines is 1. The quantitative estimate of drug-likeness (QED) is 0.453. The molecular weight excluding hydrogens is 510 g/mol. The number of allylic oxidation sites excluding steroid dienone is 2. The second kappa shape index (κ2) is 13.6. The van der Waals surface area contributed by atoms with Crippen molar-refractivity contribution in [3.63, 3.8) is 0 Å². The molecule has 1 aliphatic carbocycles. The van der Waals surface area contributed by atoms with Crippen LogP contribution in [0.4, 0.5) is 5.95 Å². The maximum absolute atomic E-state index is 13.0. The highest BCUT2D eigenvalue weighted by molar-refractivity contribution is 5.85. The van der Waals surface area contributed by atoms with Crippen molar-refractivity contribution in [2.45, 2.75) is 57.9 Å². The van der Waals surface area contributed by atoms with Gasteiger partial charge in [-0.05, 0) is 93.8 Å². The number of piperidine rings is 1. The molecule has 7 nitrogen and oxygen atoms in total. The number of benzene rings is 1. The van der Waals surface area contributed by atoms with E-state index in [1.54, 1.807) is 0 Å². The zero-order valence-electron chi connectivity index (χ0n) is 23.7. The van der Waals surface area contributed by atoms with E-state index < -0.39 is 0 Å². The number of likely N-dealkylation sites (tertiary alicyclic amines) is 1. The molecule has 1 aromatic heterocycles. The van der Waals surface area contributed by atoms with Crippen molar-refractivity contribution in [1.29, 1.82) is 0 Å². The lowest BCUT2D eigenvalue weighted by Crippen LogP contribution is -2.38. The van der Waals surface area contributed by atoms with Gasteiger partial charge in [0.1, 0.15) is 5.75 Å². The predicted molar refractivity (Wildman–Crippen MR) is 160 cm³/mol. The molecule has 2 unspecified atom stereocenters. The Kier molecular flexibility index (Phi) is 10.2. The standard InChI is InChI=1S/C31H43N5O2.ClH/c1-4-23-19-32-31(33-20-23)35-16-13-24(14-17-35)22-38-29-11-9-26(10-12-29)25-5-7-27(8-6-25)30(37)36-18-15-28(21-36)34(2)3;/h5,9-12,19-20,24,27-28H,4,6-8,13-18,21-22H2,1-3H3;1H. The number of amides is 1. The van der Waals surface area contributed by atoms with Gasteiger partial charge in [-0.25, -0.2) is 9.97 Å². The first-order valence-corrected chi connectivity index (χ1v) is 14.4. The van der Waals surface area contributed by atoms with Crippen LogP contribution < -0.4 is 9.64 Å². The van der Waals surface area contributed by atoms with Gasteiger partial charge in [-0.1, -0.05) is 25.1 Å². The van der Waals surface area contributed by atoms with E-state index in [0.717, 1.165) is 89.4 Å². The Labute approximate surface area is 240 Å². The molecule has 2 saturated heterocycles. The van der Waals surface area contributed by atoms with Crippen LogP contribution in [-0.2, 0) is 11.2 Å². The van der Waals surface area contributed by atoms with Gasteiger partial charge in [0.05, 0.1) is 6.61 Å². The molecule has 8 heteroatoms. The fourth-order valence-electron chi connectivity index (χ4n) is 5.92. The van der Waals surface area contributed by atoms with Crippen molar-refractivity contribution < 1.29 is 9.53 Å². The molecule has 2 fully saturated rings. The van der Waals surface area contributed by atoms with Crippen molar-refractivity contribution in [2.75, 3.05) is 51.8 Å².